The van der Waals surface area contributed by atoms with Crippen molar-refractivity contribution in [1.29, 1.82) is 0 Å². The highest BCUT2D eigenvalue weighted by Gasteiger charge is 1.97. The van der Waals surface area contributed by atoms with E-state index in [2.05, 4.69) is 22.6 Å². The van der Waals surface area contributed by atoms with Gasteiger partial charge in [0.05, 0.1) is 0 Å². The minimum absolute atomic E-state index is 0.276. The number of carbonyl (C=O) groups is 1. The Labute approximate surface area is 91.4 Å². The molecule has 0 saturated carbocycles. The molecule has 0 amide bonds. The first kappa shape index (κ1) is 10.5. The van der Waals surface area contributed by atoms with E-state index in [1.165, 1.54) is 12.5 Å². The second-order valence-corrected chi connectivity index (χ2v) is 3.76. The quantitative estimate of drug-likeness (QED) is 0.370. The van der Waals surface area contributed by atoms with Crippen LogP contribution in [-0.4, -0.2) is 10.4 Å². The molecule has 0 spiro atoms. The normalized spacial score (nSPS) is 9.69. The molecule has 0 bridgehead atoms. The van der Waals surface area contributed by atoms with Gasteiger partial charge in [-0.3, -0.25) is 4.79 Å². The van der Waals surface area contributed by atoms with E-state index in [0.717, 1.165) is 10.8 Å². The van der Waals surface area contributed by atoms with Crippen LogP contribution in [-0.2, 0) is 11.2 Å². The molecule has 2 nitrogen and oxygen atoms in total. The Morgan fingerprint density at radius 3 is 2.46 bits per heavy atom. The van der Waals surface area contributed by atoms with Crippen molar-refractivity contribution in [2.75, 3.05) is 4.43 Å². The highest BCUT2D eigenvalue weighted by molar-refractivity contribution is 14.1. The largest absolute Gasteiger partial charge is 0.427 e. The van der Waals surface area contributed by atoms with Crippen molar-refractivity contribution < 1.29 is 9.53 Å². The number of hydrogen-bond acceptors (Lipinski definition) is 2. The molecule has 1 aromatic rings. The van der Waals surface area contributed by atoms with Crippen LogP contribution in [0.3, 0.4) is 0 Å². The summed E-state index contributed by atoms with van der Waals surface area (Å²) in [6.07, 6.45) is 1.06. The lowest BCUT2D eigenvalue weighted by Crippen LogP contribution is -2.01. The summed E-state index contributed by atoms with van der Waals surface area (Å²) in [6.45, 7) is 1.40. The van der Waals surface area contributed by atoms with Crippen molar-refractivity contribution in [3.63, 3.8) is 0 Å². The fourth-order valence-electron chi connectivity index (χ4n) is 0.999. The van der Waals surface area contributed by atoms with Gasteiger partial charge in [-0.05, 0) is 24.1 Å². The Balaban J connectivity index is 2.64. The third kappa shape index (κ3) is 3.76. The first-order chi connectivity index (χ1) is 6.22. The maximum Gasteiger partial charge on any atom is 0.308 e. The summed E-state index contributed by atoms with van der Waals surface area (Å²) in [5.41, 5.74) is 1.27. The maximum absolute atomic E-state index is 10.6. The predicted molar refractivity (Wildman–Crippen MR) is 60.3 cm³/mol. The van der Waals surface area contributed by atoms with Crippen LogP contribution in [0.25, 0.3) is 0 Å². The number of benzene rings is 1. The molecular weight excluding hydrogens is 279 g/mol. The Kier molecular flexibility index (Phi) is 4.21. The SMILES string of the molecule is CC(=O)Oc1ccc(CCI)cc1. The molecule has 0 saturated heterocycles. The molecule has 0 aromatic heterocycles. The van der Waals surface area contributed by atoms with Crippen molar-refractivity contribution >= 4 is 28.6 Å². The van der Waals surface area contributed by atoms with Crippen LogP contribution in [0, 0.1) is 0 Å². The van der Waals surface area contributed by atoms with Crippen molar-refractivity contribution in [3.05, 3.63) is 29.8 Å². The molecule has 0 fully saturated rings. The van der Waals surface area contributed by atoms with Gasteiger partial charge in [-0.2, -0.15) is 0 Å². The van der Waals surface area contributed by atoms with Crippen molar-refractivity contribution in [3.8, 4) is 5.75 Å². The molecule has 0 aliphatic carbocycles. The molecule has 0 N–H and O–H groups in total. The predicted octanol–water partition coefficient (Wildman–Crippen LogP) is 2.59. The van der Waals surface area contributed by atoms with Gasteiger partial charge in [-0.15, -0.1) is 0 Å². The zero-order valence-corrected chi connectivity index (χ0v) is 9.58. The maximum atomic E-state index is 10.6. The van der Waals surface area contributed by atoms with E-state index in [1.807, 2.05) is 24.3 Å². The van der Waals surface area contributed by atoms with Crippen LogP contribution < -0.4 is 4.74 Å². The molecule has 0 atom stereocenters. The molecule has 1 rings (SSSR count). The summed E-state index contributed by atoms with van der Waals surface area (Å²) in [7, 11) is 0. The summed E-state index contributed by atoms with van der Waals surface area (Å²) in [5, 5.41) is 0. The van der Waals surface area contributed by atoms with E-state index >= 15 is 0 Å². The molecule has 0 unspecified atom stereocenters. The molecule has 70 valence electrons. The zero-order valence-electron chi connectivity index (χ0n) is 7.42. The lowest BCUT2D eigenvalue weighted by molar-refractivity contribution is -0.131. The van der Waals surface area contributed by atoms with Crippen LogP contribution in [0.2, 0.25) is 0 Å². The van der Waals surface area contributed by atoms with E-state index in [1.54, 1.807) is 0 Å². The Morgan fingerprint density at radius 2 is 2.00 bits per heavy atom. The molecule has 0 radical (unpaired) electrons. The van der Waals surface area contributed by atoms with Crippen molar-refractivity contribution in [2.24, 2.45) is 0 Å². The first-order valence-corrected chi connectivity index (χ1v) is 5.58. The minimum Gasteiger partial charge on any atom is -0.427 e. The molecule has 0 heterocycles. The van der Waals surface area contributed by atoms with Crippen molar-refractivity contribution in [2.45, 2.75) is 13.3 Å². The van der Waals surface area contributed by atoms with Gasteiger partial charge in [0.2, 0.25) is 0 Å². The number of halogens is 1. The number of ether oxygens (including phenoxy) is 1. The smallest absolute Gasteiger partial charge is 0.308 e. The van der Waals surface area contributed by atoms with E-state index in [9.17, 15) is 4.79 Å². The number of rotatable bonds is 3. The summed E-state index contributed by atoms with van der Waals surface area (Å²) < 4.78 is 6.01. The first-order valence-electron chi connectivity index (χ1n) is 4.05. The average molecular weight is 290 g/mol. The molecule has 0 aliphatic heterocycles. The van der Waals surface area contributed by atoms with Gasteiger partial charge in [0.25, 0.3) is 0 Å². The van der Waals surface area contributed by atoms with E-state index in [-0.39, 0.29) is 5.97 Å². The topological polar surface area (TPSA) is 26.3 Å². The second-order valence-electron chi connectivity index (χ2n) is 2.68. The van der Waals surface area contributed by atoms with Crippen LogP contribution in [0.5, 0.6) is 5.75 Å². The molecule has 3 heteroatoms. The monoisotopic (exact) mass is 290 g/mol. The van der Waals surface area contributed by atoms with Crippen LogP contribution in [0.4, 0.5) is 0 Å². The van der Waals surface area contributed by atoms with Crippen LogP contribution >= 0.6 is 22.6 Å². The number of hydrogen-bond donors (Lipinski definition) is 0. The summed E-state index contributed by atoms with van der Waals surface area (Å²) in [4.78, 5) is 10.6. The number of carbonyl (C=O) groups excluding carboxylic acids is 1. The average Bonchev–Trinajstić information content (AvgIpc) is 2.08. The van der Waals surface area contributed by atoms with Crippen molar-refractivity contribution in [1.82, 2.24) is 0 Å². The van der Waals surface area contributed by atoms with E-state index < -0.39 is 0 Å². The summed E-state index contributed by atoms with van der Waals surface area (Å²) in [5.74, 6) is 0.339. The van der Waals surface area contributed by atoms with Gasteiger partial charge >= 0.3 is 5.97 Å². The Morgan fingerprint density at radius 1 is 1.38 bits per heavy atom. The Bertz CT molecular complexity index is 279. The second kappa shape index (κ2) is 5.21. The zero-order chi connectivity index (χ0) is 9.68. The summed E-state index contributed by atoms with van der Waals surface area (Å²) >= 11 is 2.33. The number of aryl methyl sites for hydroxylation is 1. The highest BCUT2D eigenvalue weighted by Crippen LogP contribution is 2.13. The van der Waals surface area contributed by atoms with Gasteiger partial charge < -0.3 is 4.74 Å². The third-order valence-electron chi connectivity index (χ3n) is 1.57. The van der Waals surface area contributed by atoms with Gasteiger partial charge in [0.1, 0.15) is 5.75 Å². The third-order valence-corrected chi connectivity index (χ3v) is 2.11. The number of esters is 1. The molecule has 13 heavy (non-hydrogen) atoms. The van der Waals surface area contributed by atoms with E-state index in [0.29, 0.717) is 5.75 Å². The highest BCUT2D eigenvalue weighted by atomic mass is 127. The van der Waals surface area contributed by atoms with Gasteiger partial charge in [-0.25, -0.2) is 0 Å². The number of alkyl halides is 1. The lowest BCUT2D eigenvalue weighted by Gasteiger charge is -2.01. The standard InChI is InChI=1S/C10H11IO2/c1-8(12)13-10-4-2-9(3-5-10)6-7-11/h2-5H,6-7H2,1H3. The lowest BCUT2D eigenvalue weighted by atomic mass is 10.2. The van der Waals surface area contributed by atoms with Gasteiger partial charge in [0.15, 0.2) is 0 Å². The summed E-state index contributed by atoms with van der Waals surface area (Å²) in [6, 6.07) is 7.61. The molecule has 1 aromatic carbocycles. The Hall–Kier alpha value is -0.580. The molecular formula is C10H11IO2. The van der Waals surface area contributed by atoms with Gasteiger partial charge in [-0.1, -0.05) is 34.7 Å². The van der Waals surface area contributed by atoms with Gasteiger partial charge in [0, 0.05) is 11.4 Å². The fraction of sp³-hybridized carbons (Fsp3) is 0.300. The van der Waals surface area contributed by atoms with Crippen LogP contribution in [0.15, 0.2) is 24.3 Å². The fourth-order valence-corrected chi connectivity index (χ4v) is 1.62. The van der Waals surface area contributed by atoms with E-state index in [4.69, 9.17) is 4.74 Å². The minimum atomic E-state index is -0.276. The molecule has 0 aliphatic rings. The van der Waals surface area contributed by atoms with Crippen LogP contribution in [0.1, 0.15) is 12.5 Å².